The molecule has 0 N–H and O–H groups in total. The van der Waals surface area contributed by atoms with Crippen molar-refractivity contribution in [3.63, 3.8) is 0 Å². The molecule has 6 heteroatoms. The molecule has 154 valence electrons. The summed E-state index contributed by atoms with van der Waals surface area (Å²) >= 11 is 0. The van der Waals surface area contributed by atoms with Crippen molar-refractivity contribution in [3.05, 3.63) is 47.5 Å². The van der Waals surface area contributed by atoms with Crippen LogP contribution in [-0.4, -0.2) is 62.7 Å². The molecule has 3 saturated heterocycles. The van der Waals surface area contributed by atoms with E-state index in [2.05, 4.69) is 54.9 Å². The standard InChI is InChI=1S/C23H31N5O/c29-23(22-25-24-21-10-4-5-14-27(21)22)28-16-19-11-12-20(28)17-26(15-19)13-6-9-18-7-2-1-3-8-18/h1-3,7-8,19-20H,4-6,9-17H2/t19-,20+/m0/s1. The first-order valence-electron chi connectivity index (χ1n) is 11.3. The minimum atomic E-state index is 0.103. The number of rotatable bonds is 5. The summed E-state index contributed by atoms with van der Waals surface area (Å²) in [5.74, 6) is 2.25. The van der Waals surface area contributed by atoms with Crippen molar-refractivity contribution in [2.24, 2.45) is 5.92 Å². The minimum Gasteiger partial charge on any atom is -0.331 e. The highest BCUT2D eigenvalue weighted by atomic mass is 16.2. The number of nitrogens with zero attached hydrogens (tertiary/aromatic N) is 5. The summed E-state index contributed by atoms with van der Waals surface area (Å²) in [5.41, 5.74) is 1.42. The smallest absolute Gasteiger partial charge is 0.292 e. The summed E-state index contributed by atoms with van der Waals surface area (Å²) in [6.07, 6.45) is 7.87. The Kier molecular flexibility index (Phi) is 5.36. The van der Waals surface area contributed by atoms with Crippen LogP contribution in [0.3, 0.4) is 0 Å². The number of aromatic nitrogens is 3. The van der Waals surface area contributed by atoms with Crippen molar-refractivity contribution in [1.82, 2.24) is 24.6 Å². The molecule has 2 atom stereocenters. The Morgan fingerprint density at radius 1 is 1.03 bits per heavy atom. The third kappa shape index (κ3) is 3.95. The van der Waals surface area contributed by atoms with Gasteiger partial charge in [0, 0.05) is 38.6 Å². The second-order valence-electron chi connectivity index (χ2n) is 8.95. The van der Waals surface area contributed by atoms with Gasteiger partial charge in [0.1, 0.15) is 5.82 Å². The molecule has 0 saturated carbocycles. The highest BCUT2D eigenvalue weighted by molar-refractivity contribution is 5.91. The van der Waals surface area contributed by atoms with Gasteiger partial charge in [0.2, 0.25) is 5.82 Å². The van der Waals surface area contributed by atoms with Gasteiger partial charge in [-0.25, -0.2) is 0 Å². The lowest BCUT2D eigenvalue weighted by atomic mass is 9.95. The Balaban J connectivity index is 1.23. The number of carbonyl (C=O) groups excluding carboxylic acids is 1. The second-order valence-corrected chi connectivity index (χ2v) is 8.95. The quantitative estimate of drug-likeness (QED) is 0.784. The maximum atomic E-state index is 13.4. The average molecular weight is 394 g/mol. The number of carbonyl (C=O) groups is 1. The summed E-state index contributed by atoms with van der Waals surface area (Å²) in [6, 6.07) is 11.1. The summed E-state index contributed by atoms with van der Waals surface area (Å²) in [4.78, 5) is 18.1. The Morgan fingerprint density at radius 3 is 2.83 bits per heavy atom. The molecule has 2 aromatic rings. The summed E-state index contributed by atoms with van der Waals surface area (Å²) in [6.45, 7) is 4.99. The lowest BCUT2D eigenvalue weighted by Crippen LogP contribution is -2.48. The first-order valence-corrected chi connectivity index (χ1v) is 11.3. The molecule has 3 fully saturated rings. The monoisotopic (exact) mass is 393 g/mol. The molecule has 6 nitrogen and oxygen atoms in total. The maximum Gasteiger partial charge on any atom is 0.292 e. The van der Waals surface area contributed by atoms with E-state index in [0.29, 0.717) is 17.8 Å². The van der Waals surface area contributed by atoms with Gasteiger partial charge in [-0.15, -0.1) is 10.2 Å². The number of aryl methyl sites for hydroxylation is 2. The fourth-order valence-electron chi connectivity index (χ4n) is 5.36. The Bertz CT molecular complexity index is 848. The fourth-order valence-corrected chi connectivity index (χ4v) is 5.36. The summed E-state index contributed by atoms with van der Waals surface area (Å²) in [7, 11) is 0. The largest absolute Gasteiger partial charge is 0.331 e. The van der Waals surface area contributed by atoms with Crippen LogP contribution >= 0.6 is 0 Å². The van der Waals surface area contributed by atoms with Crippen LogP contribution in [0.4, 0.5) is 0 Å². The molecule has 0 radical (unpaired) electrons. The third-order valence-electron chi connectivity index (χ3n) is 6.88. The van der Waals surface area contributed by atoms with Gasteiger partial charge in [-0.1, -0.05) is 30.3 Å². The molecule has 4 aliphatic rings. The van der Waals surface area contributed by atoms with E-state index in [0.717, 1.165) is 70.7 Å². The number of hydrogen-bond acceptors (Lipinski definition) is 4. The van der Waals surface area contributed by atoms with E-state index in [-0.39, 0.29) is 5.91 Å². The molecule has 1 aromatic heterocycles. The molecule has 0 spiro atoms. The Labute approximate surface area is 172 Å². The van der Waals surface area contributed by atoms with E-state index in [1.165, 1.54) is 18.4 Å². The lowest BCUT2D eigenvalue weighted by molar-refractivity contribution is 0.0566. The number of amides is 1. The number of benzene rings is 1. The van der Waals surface area contributed by atoms with Gasteiger partial charge in [0.15, 0.2) is 0 Å². The topological polar surface area (TPSA) is 54.3 Å². The van der Waals surface area contributed by atoms with Crippen LogP contribution in [0.5, 0.6) is 0 Å². The first kappa shape index (κ1) is 18.8. The van der Waals surface area contributed by atoms with E-state index in [9.17, 15) is 4.79 Å². The van der Waals surface area contributed by atoms with E-state index >= 15 is 0 Å². The fraction of sp³-hybridized carbons (Fsp3) is 0.609. The zero-order valence-electron chi connectivity index (χ0n) is 17.2. The summed E-state index contributed by atoms with van der Waals surface area (Å²) < 4.78 is 2.07. The number of piperidine rings is 1. The Morgan fingerprint density at radius 2 is 1.93 bits per heavy atom. The molecule has 4 aliphatic heterocycles. The van der Waals surface area contributed by atoms with E-state index in [4.69, 9.17) is 0 Å². The predicted octanol–water partition coefficient (Wildman–Crippen LogP) is 2.78. The van der Waals surface area contributed by atoms with Gasteiger partial charge < -0.3 is 14.4 Å². The van der Waals surface area contributed by atoms with E-state index in [1.807, 2.05) is 0 Å². The number of hydrogen-bond donors (Lipinski definition) is 0. The van der Waals surface area contributed by atoms with Crippen LogP contribution in [0, 0.1) is 5.92 Å². The van der Waals surface area contributed by atoms with Gasteiger partial charge in [-0.05, 0) is 56.6 Å². The van der Waals surface area contributed by atoms with Crippen LogP contribution in [0.1, 0.15) is 54.1 Å². The van der Waals surface area contributed by atoms with Crippen molar-refractivity contribution < 1.29 is 4.79 Å². The molecular formula is C23H31N5O. The predicted molar refractivity (Wildman–Crippen MR) is 112 cm³/mol. The summed E-state index contributed by atoms with van der Waals surface area (Å²) in [5, 5.41) is 8.59. The number of fused-ring (bicyclic) bond motifs is 5. The van der Waals surface area contributed by atoms with Crippen LogP contribution in [0.15, 0.2) is 30.3 Å². The molecule has 6 rings (SSSR count). The van der Waals surface area contributed by atoms with Crippen molar-refractivity contribution >= 4 is 5.91 Å². The molecular weight excluding hydrogens is 362 g/mol. The lowest BCUT2D eigenvalue weighted by Gasteiger charge is -2.36. The highest BCUT2D eigenvalue weighted by Gasteiger charge is 2.39. The third-order valence-corrected chi connectivity index (χ3v) is 6.88. The molecule has 1 aromatic carbocycles. The zero-order valence-corrected chi connectivity index (χ0v) is 17.2. The molecule has 29 heavy (non-hydrogen) atoms. The van der Waals surface area contributed by atoms with Crippen LogP contribution in [0.25, 0.3) is 0 Å². The SMILES string of the molecule is O=C(c1nnc2n1CCCC2)N1C[C@H]2CC[C@@H]1CN(CCCc1ccccc1)C2. The maximum absolute atomic E-state index is 13.4. The van der Waals surface area contributed by atoms with Gasteiger partial charge in [-0.3, -0.25) is 4.79 Å². The van der Waals surface area contributed by atoms with Crippen molar-refractivity contribution in [3.8, 4) is 0 Å². The van der Waals surface area contributed by atoms with Crippen LogP contribution < -0.4 is 0 Å². The molecule has 2 bridgehead atoms. The van der Waals surface area contributed by atoms with Gasteiger partial charge >= 0.3 is 0 Å². The average Bonchev–Trinajstić information content (AvgIpc) is 2.99. The Hall–Kier alpha value is -2.21. The zero-order chi connectivity index (χ0) is 19.6. The van der Waals surface area contributed by atoms with E-state index in [1.54, 1.807) is 0 Å². The molecule has 0 aliphatic carbocycles. The molecule has 1 amide bonds. The van der Waals surface area contributed by atoms with E-state index < -0.39 is 0 Å². The molecule has 0 unspecified atom stereocenters. The first-order chi connectivity index (χ1) is 14.3. The van der Waals surface area contributed by atoms with Crippen molar-refractivity contribution in [2.45, 2.75) is 57.5 Å². The van der Waals surface area contributed by atoms with Crippen LogP contribution in [0.2, 0.25) is 0 Å². The second kappa shape index (κ2) is 8.27. The normalized spacial score (nSPS) is 24.3. The van der Waals surface area contributed by atoms with Gasteiger partial charge in [-0.2, -0.15) is 0 Å². The van der Waals surface area contributed by atoms with Crippen molar-refractivity contribution in [2.75, 3.05) is 26.2 Å². The van der Waals surface area contributed by atoms with Crippen molar-refractivity contribution in [1.29, 1.82) is 0 Å². The molecule has 5 heterocycles. The van der Waals surface area contributed by atoms with Gasteiger partial charge in [0.05, 0.1) is 0 Å². The highest BCUT2D eigenvalue weighted by Crippen LogP contribution is 2.29. The van der Waals surface area contributed by atoms with Crippen LogP contribution in [-0.2, 0) is 19.4 Å². The van der Waals surface area contributed by atoms with Gasteiger partial charge in [0.25, 0.3) is 5.91 Å². The minimum absolute atomic E-state index is 0.103.